The highest BCUT2D eigenvalue weighted by Crippen LogP contribution is 2.40. The average molecular weight is 570 g/mol. The van der Waals surface area contributed by atoms with Gasteiger partial charge in [0, 0.05) is 19.2 Å². The van der Waals surface area contributed by atoms with Gasteiger partial charge in [0.2, 0.25) is 0 Å². The highest BCUT2D eigenvalue weighted by molar-refractivity contribution is 7.51. The maximum Gasteiger partial charge on any atom is 0.362 e. The molecule has 0 unspecified atom stereocenters. The van der Waals surface area contributed by atoms with Crippen molar-refractivity contribution in [2.75, 3.05) is 26.8 Å². The van der Waals surface area contributed by atoms with Crippen LogP contribution in [0.3, 0.4) is 0 Å². The van der Waals surface area contributed by atoms with Gasteiger partial charge in [-0.2, -0.15) is 0 Å². The van der Waals surface area contributed by atoms with Crippen molar-refractivity contribution >= 4 is 13.5 Å². The van der Waals surface area contributed by atoms with Gasteiger partial charge in [-0.3, -0.25) is 9.36 Å². The van der Waals surface area contributed by atoms with Gasteiger partial charge in [-0.05, 0) is 103 Å². The molecule has 3 N–H and O–H groups in total. The van der Waals surface area contributed by atoms with Gasteiger partial charge in [-0.15, -0.1) is 0 Å². The molecule has 40 heavy (non-hydrogen) atoms. The highest BCUT2D eigenvalue weighted by atomic mass is 31.2. The first-order valence-corrected chi connectivity index (χ1v) is 15.3. The molecule has 0 spiro atoms. The number of ether oxygens (including phenoxy) is 3. The number of methoxy groups -OCH3 is 1. The van der Waals surface area contributed by atoms with Crippen LogP contribution in [0.2, 0.25) is 0 Å². The Kier molecular flexibility index (Phi) is 11.3. The zero-order valence-electron chi connectivity index (χ0n) is 24.0. The Morgan fingerprint density at radius 2 is 1.43 bits per heavy atom. The molecule has 9 heteroatoms. The Balaban J connectivity index is 1.67. The van der Waals surface area contributed by atoms with Crippen LogP contribution in [-0.2, 0) is 35.0 Å². The van der Waals surface area contributed by atoms with Crippen molar-refractivity contribution in [2.45, 2.75) is 53.4 Å². The van der Waals surface area contributed by atoms with Crippen LogP contribution in [0.1, 0.15) is 63.1 Å². The summed E-state index contributed by atoms with van der Waals surface area (Å²) >= 11 is 0. The minimum atomic E-state index is -4.29. The summed E-state index contributed by atoms with van der Waals surface area (Å²) in [5.74, 6) is 1.21. The highest BCUT2D eigenvalue weighted by Gasteiger charge is 2.22. The number of nitrogens with one attached hydrogen (secondary N) is 1. The monoisotopic (exact) mass is 569 g/mol. The zero-order chi connectivity index (χ0) is 29.3. The molecular weight excluding hydrogens is 529 g/mol. The van der Waals surface area contributed by atoms with E-state index in [1.165, 1.54) is 5.56 Å². The van der Waals surface area contributed by atoms with E-state index < -0.39 is 13.9 Å². The van der Waals surface area contributed by atoms with Crippen molar-refractivity contribution in [3.8, 4) is 11.5 Å². The maximum atomic E-state index is 12.7. The fourth-order valence-electron chi connectivity index (χ4n) is 4.89. The average Bonchev–Trinajstić information content (AvgIpc) is 2.93. The van der Waals surface area contributed by atoms with E-state index in [1.54, 1.807) is 7.11 Å². The molecule has 0 aliphatic heterocycles. The number of benzene rings is 3. The van der Waals surface area contributed by atoms with Gasteiger partial charge in [0.25, 0.3) is 5.91 Å². The van der Waals surface area contributed by atoms with Crippen LogP contribution < -0.4 is 14.8 Å². The van der Waals surface area contributed by atoms with Gasteiger partial charge < -0.3 is 29.3 Å². The van der Waals surface area contributed by atoms with Crippen molar-refractivity contribution in [3.05, 3.63) is 93.0 Å². The SMILES string of the molecule is CCc1c(C)c(Cc2ccc(C(=O)NCCc3ccc(OCOC)cc3)cc2)c(C)c(CC)c1OCP(=O)(O)O. The van der Waals surface area contributed by atoms with Crippen molar-refractivity contribution in [1.29, 1.82) is 0 Å². The normalized spacial score (nSPS) is 11.4. The number of amides is 1. The van der Waals surface area contributed by atoms with E-state index in [9.17, 15) is 19.1 Å². The quantitative estimate of drug-likeness (QED) is 0.174. The first-order valence-electron chi connectivity index (χ1n) is 13.5. The van der Waals surface area contributed by atoms with Crippen LogP contribution in [0.15, 0.2) is 48.5 Å². The Hall–Kier alpha value is -3.16. The molecule has 3 aromatic rings. The first-order chi connectivity index (χ1) is 19.1. The van der Waals surface area contributed by atoms with Crippen LogP contribution in [0.25, 0.3) is 0 Å². The second-order valence-corrected chi connectivity index (χ2v) is 11.3. The Labute approximate surface area is 236 Å². The third kappa shape index (κ3) is 8.42. The number of carbonyl (C=O) groups excluding carboxylic acids is 1. The molecule has 0 aromatic heterocycles. The third-order valence-corrected chi connectivity index (χ3v) is 7.47. The maximum absolute atomic E-state index is 12.7. The largest absolute Gasteiger partial charge is 0.480 e. The molecular formula is C31H40NO7P. The number of carbonyl (C=O) groups is 1. The molecule has 0 bridgehead atoms. The van der Waals surface area contributed by atoms with Gasteiger partial charge in [0.15, 0.2) is 13.1 Å². The van der Waals surface area contributed by atoms with Gasteiger partial charge in [0.1, 0.15) is 11.5 Å². The van der Waals surface area contributed by atoms with Crippen molar-refractivity contribution in [2.24, 2.45) is 0 Å². The topological polar surface area (TPSA) is 114 Å². The zero-order valence-corrected chi connectivity index (χ0v) is 24.8. The van der Waals surface area contributed by atoms with Gasteiger partial charge in [-0.25, -0.2) is 0 Å². The van der Waals surface area contributed by atoms with E-state index >= 15 is 0 Å². The summed E-state index contributed by atoms with van der Waals surface area (Å²) in [5, 5.41) is 2.98. The second-order valence-electron chi connectivity index (χ2n) is 9.73. The van der Waals surface area contributed by atoms with Crippen molar-refractivity contribution in [1.82, 2.24) is 5.32 Å². The summed E-state index contributed by atoms with van der Waals surface area (Å²) in [7, 11) is -2.72. The minimum absolute atomic E-state index is 0.118. The molecule has 8 nitrogen and oxygen atoms in total. The molecule has 1 amide bonds. The van der Waals surface area contributed by atoms with E-state index in [1.807, 2.05) is 76.2 Å². The summed E-state index contributed by atoms with van der Waals surface area (Å²) < 4.78 is 27.4. The summed E-state index contributed by atoms with van der Waals surface area (Å²) in [6.45, 7) is 8.83. The molecule has 0 radical (unpaired) electrons. The second kappa shape index (κ2) is 14.5. The molecule has 0 aliphatic rings. The van der Waals surface area contributed by atoms with Crippen LogP contribution >= 0.6 is 7.60 Å². The standard InChI is InChI=1S/C31H40NO7P/c1-6-27-21(3)29(22(4)28(7-2)30(27)39-20-40(34,35)36)18-24-8-12-25(13-9-24)31(33)32-17-16-23-10-14-26(15-11-23)38-19-37-5/h8-15H,6-7,16-20H2,1-5H3,(H,32,33)(H2,34,35,36). The molecule has 0 saturated heterocycles. The Morgan fingerprint density at radius 3 is 1.95 bits per heavy atom. The van der Waals surface area contributed by atoms with Crippen molar-refractivity contribution < 1.29 is 33.4 Å². The fourth-order valence-corrected chi connectivity index (χ4v) is 5.18. The summed E-state index contributed by atoms with van der Waals surface area (Å²) in [6.07, 6.45) is 2.13. The van der Waals surface area contributed by atoms with E-state index in [-0.39, 0.29) is 12.7 Å². The Bertz CT molecular complexity index is 1300. The summed E-state index contributed by atoms with van der Waals surface area (Å²) in [4.78, 5) is 31.4. The smallest absolute Gasteiger partial charge is 0.362 e. The fraction of sp³-hybridized carbons (Fsp3) is 0.387. The van der Waals surface area contributed by atoms with E-state index in [0.29, 0.717) is 43.5 Å². The van der Waals surface area contributed by atoms with Crippen molar-refractivity contribution in [3.63, 3.8) is 0 Å². The molecule has 216 valence electrons. The predicted octanol–water partition coefficient (Wildman–Crippen LogP) is 5.49. The first kappa shape index (κ1) is 31.4. The lowest BCUT2D eigenvalue weighted by molar-refractivity contribution is 0.0511. The third-order valence-electron chi connectivity index (χ3n) is 7.01. The number of hydrogen-bond donors (Lipinski definition) is 3. The van der Waals surface area contributed by atoms with Gasteiger partial charge in [0.05, 0.1) is 0 Å². The van der Waals surface area contributed by atoms with E-state index in [2.05, 4.69) is 5.32 Å². The Morgan fingerprint density at radius 1 is 0.850 bits per heavy atom. The summed E-state index contributed by atoms with van der Waals surface area (Å²) in [6, 6.07) is 15.3. The van der Waals surface area contributed by atoms with Gasteiger partial charge in [-0.1, -0.05) is 38.1 Å². The number of hydrogen-bond acceptors (Lipinski definition) is 5. The predicted molar refractivity (Wildman–Crippen MR) is 156 cm³/mol. The lowest BCUT2D eigenvalue weighted by Crippen LogP contribution is -2.25. The molecule has 0 heterocycles. The minimum Gasteiger partial charge on any atom is -0.480 e. The molecule has 3 rings (SSSR count). The van der Waals surface area contributed by atoms with Crippen LogP contribution in [0, 0.1) is 13.8 Å². The molecule has 0 atom stereocenters. The van der Waals surface area contributed by atoms with Crippen LogP contribution in [-0.4, -0.2) is 42.5 Å². The van der Waals surface area contributed by atoms with E-state index in [0.717, 1.165) is 39.1 Å². The molecule has 0 aliphatic carbocycles. The lowest BCUT2D eigenvalue weighted by Gasteiger charge is -2.23. The van der Waals surface area contributed by atoms with Crippen LogP contribution in [0.5, 0.6) is 11.5 Å². The molecule has 0 fully saturated rings. The molecule has 0 saturated carbocycles. The molecule has 3 aromatic carbocycles. The lowest BCUT2D eigenvalue weighted by atomic mass is 9.86. The van der Waals surface area contributed by atoms with Crippen LogP contribution in [0.4, 0.5) is 0 Å². The van der Waals surface area contributed by atoms with Gasteiger partial charge >= 0.3 is 7.60 Å². The number of rotatable bonds is 14. The van der Waals surface area contributed by atoms with E-state index in [4.69, 9.17) is 14.2 Å². The summed E-state index contributed by atoms with van der Waals surface area (Å²) in [5.41, 5.74) is 8.03.